The van der Waals surface area contributed by atoms with Crippen LogP contribution in [0.4, 0.5) is 5.69 Å². The van der Waals surface area contributed by atoms with Crippen molar-refractivity contribution in [1.82, 2.24) is 4.98 Å². The van der Waals surface area contributed by atoms with Gasteiger partial charge in [-0.2, -0.15) is 10.2 Å². The van der Waals surface area contributed by atoms with Gasteiger partial charge in [-0.3, -0.25) is 10.1 Å². The molecule has 7 heteroatoms. The normalized spacial score (nSPS) is 9.90. The van der Waals surface area contributed by atoms with Gasteiger partial charge in [0.15, 0.2) is 0 Å². The summed E-state index contributed by atoms with van der Waals surface area (Å²) in [5.41, 5.74) is 0.303. The van der Waals surface area contributed by atoms with Gasteiger partial charge in [-0.25, -0.2) is 0 Å². The van der Waals surface area contributed by atoms with Gasteiger partial charge in [0.2, 0.25) is 11.6 Å². The fourth-order valence-electron chi connectivity index (χ4n) is 1.69. The molecular formula is C14H11N3O4. The average molecular weight is 285 g/mol. The highest BCUT2D eigenvalue weighted by molar-refractivity contribution is 5.45. The highest BCUT2D eigenvalue weighted by Gasteiger charge is 2.16. The summed E-state index contributed by atoms with van der Waals surface area (Å²) < 4.78 is 5.44. The van der Waals surface area contributed by atoms with Crippen LogP contribution in [0.1, 0.15) is 11.3 Å². The number of pyridine rings is 1. The molecule has 0 radical (unpaired) electrons. The first-order valence-corrected chi connectivity index (χ1v) is 6.07. The molecule has 7 nitrogen and oxygen atoms in total. The van der Waals surface area contributed by atoms with E-state index < -0.39 is 4.92 Å². The third-order valence-electron chi connectivity index (χ3n) is 2.70. The van der Waals surface area contributed by atoms with E-state index in [-0.39, 0.29) is 23.9 Å². The van der Waals surface area contributed by atoms with E-state index in [1.807, 2.05) is 0 Å². The molecule has 0 saturated heterocycles. The molecule has 21 heavy (non-hydrogen) atoms. The highest BCUT2D eigenvalue weighted by atomic mass is 16.6. The zero-order valence-electron chi connectivity index (χ0n) is 10.9. The van der Waals surface area contributed by atoms with Crippen molar-refractivity contribution in [3.05, 3.63) is 57.8 Å². The van der Waals surface area contributed by atoms with Crippen LogP contribution in [0.25, 0.3) is 0 Å². The number of hydrogen-bond donors (Lipinski definition) is 1. The summed E-state index contributed by atoms with van der Waals surface area (Å²) in [6.45, 7) is 0.0651. The molecule has 0 fully saturated rings. The van der Waals surface area contributed by atoms with Crippen molar-refractivity contribution in [3.63, 3.8) is 0 Å². The third kappa shape index (κ3) is 3.52. The van der Waals surface area contributed by atoms with Crippen LogP contribution < -0.4 is 4.74 Å². The predicted molar refractivity (Wildman–Crippen MR) is 72.9 cm³/mol. The summed E-state index contributed by atoms with van der Waals surface area (Å²) >= 11 is 0. The Hall–Kier alpha value is -2.98. The molecule has 1 aromatic heterocycles. The van der Waals surface area contributed by atoms with E-state index in [0.29, 0.717) is 12.2 Å². The summed E-state index contributed by atoms with van der Waals surface area (Å²) in [6.07, 6.45) is 0.550. The molecule has 106 valence electrons. The zero-order valence-corrected chi connectivity index (χ0v) is 10.9. The second kappa shape index (κ2) is 6.45. The van der Waals surface area contributed by atoms with Crippen molar-refractivity contribution in [2.45, 2.75) is 6.42 Å². The van der Waals surface area contributed by atoms with Crippen LogP contribution in [0.2, 0.25) is 0 Å². The van der Waals surface area contributed by atoms with E-state index in [4.69, 9.17) is 15.1 Å². The van der Waals surface area contributed by atoms with Gasteiger partial charge in [-0.1, -0.05) is 12.1 Å². The lowest BCUT2D eigenvalue weighted by Gasteiger charge is -2.06. The lowest BCUT2D eigenvalue weighted by Crippen LogP contribution is -1.97. The molecule has 0 amide bonds. The van der Waals surface area contributed by atoms with Gasteiger partial charge in [-0.05, 0) is 24.1 Å². The number of benzene rings is 1. The minimum atomic E-state index is -0.668. The number of aliphatic hydroxyl groups is 1. The fraction of sp³-hybridized carbons (Fsp3) is 0.143. The van der Waals surface area contributed by atoms with E-state index in [1.54, 1.807) is 30.3 Å². The number of nitriles is 1. The van der Waals surface area contributed by atoms with E-state index in [2.05, 4.69) is 4.98 Å². The summed E-state index contributed by atoms with van der Waals surface area (Å²) in [6, 6.07) is 11.2. The molecule has 0 atom stereocenters. The zero-order chi connectivity index (χ0) is 15.2. The third-order valence-corrected chi connectivity index (χ3v) is 2.70. The standard InChI is InChI=1S/C14H11N3O4/c15-9-12-13(17(19)20)5-6-14(16-12)21-11-3-1-10(2-4-11)7-8-18/h1-6,18H,7-8H2. The number of ether oxygens (including phenoxy) is 1. The Labute approximate surface area is 120 Å². The maximum Gasteiger partial charge on any atom is 0.305 e. The summed E-state index contributed by atoms with van der Waals surface area (Å²) in [4.78, 5) is 13.8. The van der Waals surface area contributed by atoms with Crippen molar-refractivity contribution in [3.8, 4) is 17.7 Å². The monoisotopic (exact) mass is 285 g/mol. The van der Waals surface area contributed by atoms with E-state index in [9.17, 15) is 10.1 Å². The molecule has 0 spiro atoms. The number of aliphatic hydroxyl groups excluding tert-OH is 1. The summed E-state index contributed by atoms with van der Waals surface area (Å²) in [7, 11) is 0. The molecule has 2 aromatic rings. The molecule has 2 rings (SSSR count). The molecule has 0 aliphatic carbocycles. The first kappa shape index (κ1) is 14.4. The van der Waals surface area contributed by atoms with Crippen LogP contribution in [0.15, 0.2) is 36.4 Å². The summed E-state index contributed by atoms with van der Waals surface area (Å²) in [5.74, 6) is 0.592. The van der Waals surface area contributed by atoms with Crippen LogP contribution in [0.5, 0.6) is 11.6 Å². The highest BCUT2D eigenvalue weighted by Crippen LogP contribution is 2.24. The van der Waals surface area contributed by atoms with Crippen LogP contribution in [0, 0.1) is 21.4 Å². The average Bonchev–Trinajstić information content (AvgIpc) is 2.49. The Morgan fingerprint density at radius 3 is 2.57 bits per heavy atom. The lowest BCUT2D eigenvalue weighted by molar-refractivity contribution is -0.385. The van der Waals surface area contributed by atoms with Crippen LogP contribution in [-0.2, 0) is 6.42 Å². The first-order chi connectivity index (χ1) is 10.1. The molecule has 0 bridgehead atoms. The summed E-state index contributed by atoms with van der Waals surface area (Å²) in [5, 5.41) is 28.4. The van der Waals surface area contributed by atoms with Crippen molar-refractivity contribution >= 4 is 5.69 Å². The van der Waals surface area contributed by atoms with Crippen molar-refractivity contribution in [1.29, 1.82) is 5.26 Å². The van der Waals surface area contributed by atoms with E-state index in [1.165, 1.54) is 12.1 Å². The first-order valence-electron chi connectivity index (χ1n) is 6.07. The molecule has 1 aromatic carbocycles. The van der Waals surface area contributed by atoms with Crippen LogP contribution in [0.3, 0.4) is 0 Å². The number of nitro groups is 1. The van der Waals surface area contributed by atoms with E-state index in [0.717, 1.165) is 5.56 Å². The molecule has 0 aliphatic rings. The van der Waals surface area contributed by atoms with Gasteiger partial charge < -0.3 is 9.84 Å². The van der Waals surface area contributed by atoms with Gasteiger partial charge >= 0.3 is 5.69 Å². The SMILES string of the molecule is N#Cc1nc(Oc2ccc(CCO)cc2)ccc1[N+](=O)[O-]. The molecule has 0 aliphatic heterocycles. The van der Waals surface area contributed by atoms with Crippen LogP contribution >= 0.6 is 0 Å². The maximum atomic E-state index is 10.7. The van der Waals surface area contributed by atoms with Gasteiger partial charge in [0.25, 0.3) is 0 Å². The van der Waals surface area contributed by atoms with Gasteiger partial charge in [0.1, 0.15) is 11.8 Å². The van der Waals surface area contributed by atoms with Gasteiger partial charge in [0.05, 0.1) is 4.92 Å². The van der Waals surface area contributed by atoms with Crippen molar-refractivity contribution in [2.75, 3.05) is 6.61 Å². The molecule has 0 saturated carbocycles. The van der Waals surface area contributed by atoms with Crippen molar-refractivity contribution in [2.24, 2.45) is 0 Å². The quantitative estimate of drug-likeness (QED) is 0.666. The number of aromatic nitrogens is 1. The Kier molecular flexibility index (Phi) is 4.43. The number of rotatable bonds is 5. The second-order valence-electron chi connectivity index (χ2n) is 4.11. The van der Waals surface area contributed by atoms with Crippen LogP contribution in [-0.4, -0.2) is 21.6 Å². The topological polar surface area (TPSA) is 109 Å². The predicted octanol–water partition coefficient (Wildman–Crippen LogP) is 2.19. The minimum absolute atomic E-state index is 0.0651. The Balaban J connectivity index is 2.20. The smallest absolute Gasteiger partial charge is 0.305 e. The second-order valence-corrected chi connectivity index (χ2v) is 4.11. The van der Waals surface area contributed by atoms with E-state index >= 15 is 0 Å². The van der Waals surface area contributed by atoms with Gasteiger partial charge in [-0.15, -0.1) is 0 Å². The number of nitrogens with zero attached hydrogens (tertiary/aromatic N) is 3. The fourth-order valence-corrected chi connectivity index (χ4v) is 1.69. The molecule has 1 N–H and O–H groups in total. The Morgan fingerprint density at radius 1 is 1.29 bits per heavy atom. The Morgan fingerprint density at radius 2 is 2.00 bits per heavy atom. The Bertz CT molecular complexity index is 692. The molecular weight excluding hydrogens is 274 g/mol. The van der Waals surface area contributed by atoms with Gasteiger partial charge in [0, 0.05) is 18.7 Å². The maximum absolute atomic E-state index is 10.7. The number of hydrogen-bond acceptors (Lipinski definition) is 6. The minimum Gasteiger partial charge on any atom is -0.439 e. The van der Waals surface area contributed by atoms with Crippen molar-refractivity contribution < 1.29 is 14.8 Å². The molecule has 0 unspecified atom stereocenters. The lowest BCUT2D eigenvalue weighted by atomic mass is 10.1. The largest absolute Gasteiger partial charge is 0.439 e. The molecule has 1 heterocycles.